The Kier molecular flexibility index (Phi) is 4.13. The summed E-state index contributed by atoms with van der Waals surface area (Å²) >= 11 is 0. The van der Waals surface area contributed by atoms with Gasteiger partial charge in [-0.1, -0.05) is 6.07 Å². The zero-order valence-corrected chi connectivity index (χ0v) is 11.2. The lowest BCUT2D eigenvalue weighted by Gasteiger charge is -2.05. The Morgan fingerprint density at radius 2 is 2.05 bits per heavy atom. The molecule has 0 aliphatic heterocycles. The Balaban J connectivity index is 2.04. The molecule has 2 heterocycles. The maximum atomic E-state index is 11.9. The van der Waals surface area contributed by atoms with Crippen LogP contribution in [0.1, 0.15) is 32.1 Å². The van der Waals surface area contributed by atoms with Gasteiger partial charge in [-0.2, -0.15) is 0 Å². The first-order valence-electron chi connectivity index (χ1n) is 6.13. The average Bonchev–Trinajstić information content (AvgIpc) is 2.45. The van der Waals surface area contributed by atoms with Crippen molar-refractivity contribution in [2.45, 2.75) is 13.5 Å². The largest absolute Gasteiger partial charge is 0.477 e. The van der Waals surface area contributed by atoms with E-state index in [1.54, 1.807) is 19.1 Å². The molecule has 2 aromatic heterocycles. The summed E-state index contributed by atoms with van der Waals surface area (Å²) in [4.78, 5) is 40.4. The van der Waals surface area contributed by atoms with Crippen molar-refractivity contribution in [1.82, 2.24) is 15.3 Å². The number of nitrogens with one attached hydrogen (secondary N) is 2. The highest BCUT2D eigenvalue weighted by atomic mass is 16.4. The molecule has 3 N–H and O–H groups in total. The van der Waals surface area contributed by atoms with Crippen molar-refractivity contribution in [3.63, 3.8) is 0 Å². The second-order valence-corrected chi connectivity index (χ2v) is 4.42. The minimum absolute atomic E-state index is 0.0238. The Labute approximate surface area is 119 Å². The number of hydrogen-bond acceptors (Lipinski definition) is 4. The predicted molar refractivity (Wildman–Crippen MR) is 74.2 cm³/mol. The Morgan fingerprint density at radius 1 is 1.29 bits per heavy atom. The fraction of sp³-hybridized carbons (Fsp3) is 0.143. The van der Waals surface area contributed by atoms with E-state index in [2.05, 4.69) is 15.3 Å². The highest BCUT2D eigenvalue weighted by molar-refractivity contribution is 5.93. The monoisotopic (exact) mass is 287 g/mol. The van der Waals surface area contributed by atoms with Crippen LogP contribution in [0.15, 0.2) is 35.3 Å². The standard InChI is InChI=1S/C14H13N3O4/c1-8-2-4-10(13(19)17-8)12(18)16-7-9-3-5-11(14(20)21)15-6-9/h2-6H,7H2,1H3,(H,16,18)(H,17,19)(H,20,21). The molecule has 0 atom stereocenters. The summed E-state index contributed by atoms with van der Waals surface area (Å²) in [6.45, 7) is 1.87. The first-order chi connectivity index (χ1) is 9.97. The summed E-state index contributed by atoms with van der Waals surface area (Å²) in [5, 5.41) is 11.3. The van der Waals surface area contributed by atoms with Crippen LogP contribution in [-0.2, 0) is 6.54 Å². The van der Waals surface area contributed by atoms with Crippen molar-refractivity contribution >= 4 is 11.9 Å². The van der Waals surface area contributed by atoms with Crippen LogP contribution in [0.25, 0.3) is 0 Å². The van der Waals surface area contributed by atoms with E-state index in [9.17, 15) is 14.4 Å². The van der Waals surface area contributed by atoms with Crippen LogP contribution < -0.4 is 10.9 Å². The molecule has 0 unspecified atom stereocenters. The van der Waals surface area contributed by atoms with Crippen molar-refractivity contribution in [3.05, 3.63) is 63.3 Å². The van der Waals surface area contributed by atoms with Crippen LogP contribution in [0.4, 0.5) is 0 Å². The van der Waals surface area contributed by atoms with Crippen molar-refractivity contribution in [2.24, 2.45) is 0 Å². The molecule has 108 valence electrons. The summed E-state index contributed by atoms with van der Waals surface area (Å²) in [7, 11) is 0. The summed E-state index contributed by atoms with van der Waals surface area (Å²) in [6, 6.07) is 5.99. The predicted octanol–water partition coefficient (Wildman–Crippen LogP) is 0.707. The maximum Gasteiger partial charge on any atom is 0.354 e. The molecular weight excluding hydrogens is 274 g/mol. The fourth-order valence-corrected chi connectivity index (χ4v) is 1.68. The first-order valence-corrected chi connectivity index (χ1v) is 6.13. The number of aromatic amines is 1. The number of aromatic nitrogens is 2. The molecule has 2 aromatic rings. The third kappa shape index (κ3) is 3.53. The number of amides is 1. The van der Waals surface area contributed by atoms with Crippen LogP contribution in [0.2, 0.25) is 0 Å². The average molecular weight is 287 g/mol. The number of carbonyl (C=O) groups is 2. The van der Waals surface area contributed by atoms with Gasteiger partial charge in [0.1, 0.15) is 11.3 Å². The molecule has 0 aromatic carbocycles. The van der Waals surface area contributed by atoms with Crippen LogP contribution in [0.5, 0.6) is 0 Å². The van der Waals surface area contributed by atoms with E-state index in [4.69, 9.17) is 5.11 Å². The van der Waals surface area contributed by atoms with Crippen molar-refractivity contribution < 1.29 is 14.7 Å². The van der Waals surface area contributed by atoms with E-state index in [0.717, 1.165) is 0 Å². The van der Waals surface area contributed by atoms with E-state index in [-0.39, 0.29) is 17.8 Å². The van der Waals surface area contributed by atoms with Crippen LogP contribution in [0.3, 0.4) is 0 Å². The maximum absolute atomic E-state index is 11.9. The van der Waals surface area contributed by atoms with Gasteiger partial charge in [-0.05, 0) is 30.7 Å². The van der Waals surface area contributed by atoms with Crippen molar-refractivity contribution in [2.75, 3.05) is 0 Å². The van der Waals surface area contributed by atoms with E-state index in [0.29, 0.717) is 11.3 Å². The first kappa shape index (κ1) is 14.4. The number of nitrogens with zero attached hydrogens (tertiary/aromatic N) is 1. The molecule has 0 radical (unpaired) electrons. The fourth-order valence-electron chi connectivity index (χ4n) is 1.68. The number of carboxylic acids is 1. The lowest BCUT2D eigenvalue weighted by Crippen LogP contribution is -2.29. The zero-order chi connectivity index (χ0) is 15.4. The number of rotatable bonds is 4. The number of carboxylic acid groups (broad SMARTS) is 1. The van der Waals surface area contributed by atoms with Gasteiger partial charge in [-0.25, -0.2) is 9.78 Å². The Hall–Kier alpha value is -2.96. The van der Waals surface area contributed by atoms with Gasteiger partial charge in [-0.3, -0.25) is 9.59 Å². The molecule has 0 bridgehead atoms. The molecule has 0 aliphatic rings. The number of aromatic carboxylic acids is 1. The van der Waals surface area contributed by atoms with Crippen LogP contribution >= 0.6 is 0 Å². The minimum Gasteiger partial charge on any atom is -0.477 e. The summed E-state index contributed by atoms with van der Waals surface area (Å²) < 4.78 is 0. The molecule has 2 rings (SSSR count). The van der Waals surface area contributed by atoms with Gasteiger partial charge in [0.2, 0.25) is 0 Å². The minimum atomic E-state index is -1.11. The molecule has 0 saturated carbocycles. The molecule has 7 heteroatoms. The number of H-pyrrole nitrogens is 1. The van der Waals surface area contributed by atoms with Gasteiger partial charge >= 0.3 is 5.97 Å². The smallest absolute Gasteiger partial charge is 0.354 e. The summed E-state index contributed by atoms with van der Waals surface area (Å²) in [5.41, 5.74) is 0.810. The van der Waals surface area contributed by atoms with Crippen molar-refractivity contribution in [3.8, 4) is 0 Å². The van der Waals surface area contributed by atoms with Gasteiger partial charge in [0.05, 0.1) is 0 Å². The topological polar surface area (TPSA) is 112 Å². The zero-order valence-electron chi connectivity index (χ0n) is 11.2. The van der Waals surface area contributed by atoms with Gasteiger partial charge < -0.3 is 15.4 Å². The molecule has 7 nitrogen and oxygen atoms in total. The van der Waals surface area contributed by atoms with E-state index < -0.39 is 17.4 Å². The number of pyridine rings is 2. The lowest BCUT2D eigenvalue weighted by atomic mass is 10.2. The SMILES string of the molecule is Cc1ccc(C(=O)NCc2ccc(C(=O)O)nc2)c(=O)[nH]1. The van der Waals surface area contributed by atoms with Crippen LogP contribution in [0, 0.1) is 6.92 Å². The Bertz CT molecular complexity index is 735. The van der Waals surface area contributed by atoms with Crippen molar-refractivity contribution in [1.29, 1.82) is 0 Å². The molecule has 21 heavy (non-hydrogen) atoms. The normalized spacial score (nSPS) is 10.1. The van der Waals surface area contributed by atoms with E-state index in [1.807, 2.05) is 0 Å². The highest BCUT2D eigenvalue weighted by Crippen LogP contribution is 2.01. The molecular formula is C14H13N3O4. The molecule has 1 amide bonds. The van der Waals surface area contributed by atoms with Gasteiger partial charge in [0.25, 0.3) is 11.5 Å². The molecule has 0 aliphatic carbocycles. The van der Waals surface area contributed by atoms with E-state index >= 15 is 0 Å². The van der Waals surface area contributed by atoms with Gasteiger partial charge in [0.15, 0.2) is 0 Å². The third-order valence-corrected chi connectivity index (χ3v) is 2.80. The number of aryl methyl sites for hydroxylation is 1. The van der Waals surface area contributed by atoms with Crippen LogP contribution in [-0.4, -0.2) is 27.0 Å². The quantitative estimate of drug-likeness (QED) is 0.766. The summed E-state index contributed by atoms with van der Waals surface area (Å²) in [5.74, 6) is -1.62. The second kappa shape index (κ2) is 6.00. The molecule has 0 fully saturated rings. The Morgan fingerprint density at radius 3 is 2.62 bits per heavy atom. The van der Waals surface area contributed by atoms with Gasteiger partial charge in [-0.15, -0.1) is 0 Å². The lowest BCUT2D eigenvalue weighted by molar-refractivity contribution is 0.0690. The summed E-state index contributed by atoms with van der Waals surface area (Å²) in [6.07, 6.45) is 1.36. The third-order valence-electron chi connectivity index (χ3n) is 2.80. The highest BCUT2D eigenvalue weighted by Gasteiger charge is 2.10. The molecule has 0 saturated heterocycles. The molecule has 0 spiro atoms. The van der Waals surface area contributed by atoms with Gasteiger partial charge in [0, 0.05) is 18.4 Å². The van der Waals surface area contributed by atoms with E-state index in [1.165, 1.54) is 18.3 Å². The second-order valence-electron chi connectivity index (χ2n) is 4.42. The number of carbonyl (C=O) groups excluding carboxylic acids is 1. The number of hydrogen-bond donors (Lipinski definition) is 3.